The highest BCUT2D eigenvalue weighted by Gasteiger charge is 2.11. The van der Waals surface area contributed by atoms with Gasteiger partial charge in [0.2, 0.25) is 0 Å². The van der Waals surface area contributed by atoms with E-state index in [1.807, 2.05) is 42.5 Å². The van der Waals surface area contributed by atoms with Gasteiger partial charge in [-0.25, -0.2) is 4.39 Å². The Balaban J connectivity index is 2.96. The molecule has 0 saturated carbocycles. The van der Waals surface area contributed by atoms with Gasteiger partial charge in [-0.2, -0.15) is 5.26 Å². The van der Waals surface area contributed by atoms with Crippen molar-refractivity contribution in [3.05, 3.63) is 32.6 Å². The summed E-state index contributed by atoms with van der Waals surface area (Å²) in [4.78, 5) is 0. The van der Waals surface area contributed by atoms with Crippen molar-refractivity contribution in [2.24, 2.45) is 0 Å². The van der Waals surface area contributed by atoms with E-state index in [1.165, 1.54) is 0 Å². The SMILES string of the molecule is CC(C)NCc1ccc(I)c(C#N)c1F. The van der Waals surface area contributed by atoms with E-state index >= 15 is 0 Å². The van der Waals surface area contributed by atoms with Gasteiger partial charge < -0.3 is 5.32 Å². The zero-order valence-electron chi connectivity index (χ0n) is 8.64. The number of hydrogen-bond donors (Lipinski definition) is 1. The summed E-state index contributed by atoms with van der Waals surface area (Å²) in [5.41, 5.74) is 0.680. The summed E-state index contributed by atoms with van der Waals surface area (Å²) in [5, 5.41) is 11.9. The molecule has 0 saturated heterocycles. The zero-order chi connectivity index (χ0) is 11.4. The molecular weight excluding hydrogens is 306 g/mol. The molecule has 0 aromatic heterocycles. The van der Waals surface area contributed by atoms with Gasteiger partial charge in [0.1, 0.15) is 17.4 Å². The maximum atomic E-state index is 13.7. The first-order chi connectivity index (χ1) is 7.06. The summed E-state index contributed by atoms with van der Waals surface area (Å²) in [6.45, 7) is 4.45. The van der Waals surface area contributed by atoms with Crippen LogP contribution in [0, 0.1) is 20.7 Å². The predicted molar refractivity (Wildman–Crippen MR) is 65.8 cm³/mol. The number of nitrogens with one attached hydrogen (secondary N) is 1. The number of hydrogen-bond acceptors (Lipinski definition) is 2. The molecule has 0 aliphatic heterocycles. The van der Waals surface area contributed by atoms with Gasteiger partial charge in [0.25, 0.3) is 0 Å². The number of rotatable bonds is 3. The topological polar surface area (TPSA) is 35.8 Å². The largest absolute Gasteiger partial charge is 0.310 e. The first-order valence-corrected chi connectivity index (χ1v) is 5.74. The van der Waals surface area contributed by atoms with E-state index in [-0.39, 0.29) is 5.56 Å². The molecule has 4 heteroatoms. The van der Waals surface area contributed by atoms with Crippen LogP contribution in [0.2, 0.25) is 0 Å². The monoisotopic (exact) mass is 318 g/mol. The summed E-state index contributed by atoms with van der Waals surface area (Å²) in [5.74, 6) is -0.405. The van der Waals surface area contributed by atoms with Crippen molar-refractivity contribution in [2.45, 2.75) is 26.4 Å². The van der Waals surface area contributed by atoms with Crippen LogP contribution in [0.3, 0.4) is 0 Å². The van der Waals surface area contributed by atoms with E-state index < -0.39 is 5.82 Å². The predicted octanol–water partition coefficient (Wildman–Crippen LogP) is 2.80. The Labute approximate surface area is 103 Å². The van der Waals surface area contributed by atoms with E-state index in [2.05, 4.69) is 5.32 Å². The normalized spacial score (nSPS) is 10.4. The van der Waals surface area contributed by atoms with Crippen molar-refractivity contribution in [2.75, 3.05) is 0 Å². The number of benzene rings is 1. The second kappa shape index (κ2) is 5.42. The molecule has 1 aromatic rings. The Morgan fingerprint density at radius 2 is 2.20 bits per heavy atom. The number of halogens is 2. The van der Waals surface area contributed by atoms with Gasteiger partial charge in [0.15, 0.2) is 0 Å². The van der Waals surface area contributed by atoms with Gasteiger partial charge >= 0.3 is 0 Å². The molecule has 1 rings (SSSR count). The first kappa shape index (κ1) is 12.4. The fourth-order valence-electron chi connectivity index (χ4n) is 1.15. The quantitative estimate of drug-likeness (QED) is 0.870. The van der Waals surface area contributed by atoms with E-state index in [0.29, 0.717) is 21.7 Å². The second-order valence-electron chi connectivity index (χ2n) is 3.54. The highest BCUT2D eigenvalue weighted by molar-refractivity contribution is 14.1. The van der Waals surface area contributed by atoms with Crippen molar-refractivity contribution in [1.82, 2.24) is 5.32 Å². The molecule has 0 unspecified atom stereocenters. The molecule has 1 N–H and O–H groups in total. The highest BCUT2D eigenvalue weighted by Crippen LogP contribution is 2.18. The van der Waals surface area contributed by atoms with Gasteiger partial charge in [-0.05, 0) is 28.7 Å². The Hall–Kier alpha value is -0.670. The van der Waals surface area contributed by atoms with Crippen LogP contribution >= 0.6 is 22.6 Å². The van der Waals surface area contributed by atoms with Gasteiger partial charge in [-0.3, -0.25) is 0 Å². The van der Waals surface area contributed by atoms with Crippen LogP contribution in [0.1, 0.15) is 25.0 Å². The maximum Gasteiger partial charge on any atom is 0.146 e. The van der Waals surface area contributed by atoms with Crippen LogP contribution in [-0.2, 0) is 6.54 Å². The molecule has 15 heavy (non-hydrogen) atoms. The van der Waals surface area contributed by atoms with E-state index in [9.17, 15) is 4.39 Å². The van der Waals surface area contributed by atoms with Crippen LogP contribution in [0.4, 0.5) is 4.39 Å². The molecule has 0 aliphatic carbocycles. The van der Waals surface area contributed by atoms with Gasteiger partial charge in [0, 0.05) is 21.7 Å². The van der Waals surface area contributed by atoms with Crippen LogP contribution in [0.15, 0.2) is 12.1 Å². The number of nitrogens with zero attached hydrogens (tertiary/aromatic N) is 1. The molecule has 1 aromatic carbocycles. The van der Waals surface area contributed by atoms with E-state index in [0.717, 1.165) is 0 Å². The fraction of sp³-hybridized carbons (Fsp3) is 0.364. The van der Waals surface area contributed by atoms with Crippen molar-refractivity contribution in [3.8, 4) is 6.07 Å². The van der Waals surface area contributed by atoms with Crippen molar-refractivity contribution in [3.63, 3.8) is 0 Å². The molecule has 0 heterocycles. The van der Waals surface area contributed by atoms with Crippen molar-refractivity contribution >= 4 is 22.6 Å². The lowest BCUT2D eigenvalue weighted by Crippen LogP contribution is -2.22. The standard InChI is InChI=1S/C11H12FIN2/c1-7(2)15-6-8-3-4-10(13)9(5-14)11(8)12/h3-4,7,15H,6H2,1-2H3. The van der Waals surface area contributed by atoms with Crippen molar-refractivity contribution in [1.29, 1.82) is 5.26 Å². The smallest absolute Gasteiger partial charge is 0.146 e. The molecule has 0 atom stereocenters. The third-order valence-corrected chi connectivity index (χ3v) is 2.88. The lowest BCUT2D eigenvalue weighted by Gasteiger charge is -2.10. The molecule has 0 amide bonds. The average Bonchev–Trinajstić information content (AvgIpc) is 2.17. The van der Waals surface area contributed by atoms with Crippen LogP contribution < -0.4 is 5.32 Å². The molecule has 2 nitrogen and oxygen atoms in total. The van der Waals surface area contributed by atoms with Gasteiger partial charge in [-0.1, -0.05) is 19.9 Å². The van der Waals surface area contributed by atoms with E-state index in [4.69, 9.17) is 5.26 Å². The Morgan fingerprint density at radius 3 is 2.73 bits per heavy atom. The molecule has 0 radical (unpaired) electrons. The van der Waals surface area contributed by atoms with Gasteiger partial charge in [-0.15, -0.1) is 0 Å². The highest BCUT2D eigenvalue weighted by atomic mass is 127. The van der Waals surface area contributed by atoms with Gasteiger partial charge in [0.05, 0.1) is 0 Å². The summed E-state index contributed by atoms with van der Waals surface area (Å²) in [7, 11) is 0. The average molecular weight is 318 g/mol. The third kappa shape index (κ3) is 3.14. The molecule has 0 aliphatic rings. The minimum absolute atomic E-state index is 0.138. The Kier molecular flexibility index (Phi) is 4.48. The van der Waals surface area contributed by atoms with Crippen molar-refractivity contribution < 1.29 is 4.39 Å². The lowest BCUT2D eigenvalue weighted by molar-refractivity contribution is 0.551. The molecule has 0 spiro atoms. The lowest BCUT2D eigenvalue weighted by atomic mass is 10.1. The Morgan fingerprint density at radius 1 is 1.53 bits per heavy atom. The van der Waals surface area contributed by atoms with Crippen LogP contribution in [-0.4, -0.2) is 6.04 Å². The maximum absolute atomic E-state index is 13.7. The molecule has 0 bridgehead atoms. The molecular formula is C11H12FIN2. The van der Waals surface area contributed by atoms with Crippen LogP contribution in [0.5, 0.6) is 0 Å². The number of nitriles is 1. The van der Waals surface area contributed by atoms with Crippen LogP contribution in [0.25, 0.3) is 0 Å². The molecule has 80 valence electrons. The third-order valence-electron chi connectivity index (χ3n) is 1.98. The minimum Gasteiger partial charge on any atom is -0.310 e. The summed E-state index contributed by atoms with van der Waals surface area (Å²) in [6.07, 6.45) is 0. The minimum atomic E-state index is -0.405. The summed E-state index contributed by atoms with van der Waals surface area (Å²) in [6, 6.07) is 5.66. The summed E-state index contributed by atoms with van der Waals surface area (Å²) >= 11 is 1.96. The zero-order valence-corrected chi connectivity index (χ0v) is 10.8. The fourth-order valence-corrected chi connectivity index (χ4v) is 1.69. The Bertz CT molecular complexity index is 396. The second-order valence-corrected chi connectivity index (χ2v) is 4.71. The first-order valence-electron chi connectivity index (χ1n) is 4.66. The molecule has 0 fully saturated rings. The summed E-state index contributed by atoms with van der Waals surface area (Å²) < 4.78 is 14.4. The van der Waals surface area contributed by atoms with E-state index in [1.54, 1.807) is 12.1 Å².